The van der Waals surface area contributed by atoms with Crippen molar-refractivity contribution in [3.63, 3.8) is 0 Å². The summed E-state index contributed by atoms with van der Waals surface area (Å²) in [5.41, 5.74) is 0.465. The van der Waals surface area contributed by atoms with Crippen LogP contribution in [0.4, 0.5) is 8.78 Å². The molecule has 0 fully saturated rings. The van der Waals surface area contributed by atoms with Crippen LogP contribution in [0.5, 0.6) is 0 Å². The molecule has 1 heterocycles. The highest BCUT2D eigenvalue weighted by Crippen LogP contribution is 2.32. The summed E-state index contributed by atoms with van der Waals surface area (Å²) in [5, 5.41) is 3.22. The average Bonchev–Trinajstić information content (AvgIpc) is 2.73. The molecule has 0 saturated carbocycles. The fourth-order valence-corrected chi connectivity index (χ4v) is 3.31. The molecule has 1 aromatic carbocycles. The van der Waals surface area contributed by atoms with Gasteiger partial charge in [-0.25, -0.2) is 8.78 Å². The van der Waals surface area contributed by atoms with E-state index in [1.165, 1.54) is 23.5 Å². The first-order chi connectivity index (χ1) is 8.61. The Morgan fingerprint density at radius 1 is 1.28 bits per heavy atom. The van der Waals surface area contributed by atoms with Gasteiger partial charge >= 0.3 is 0 Å². The van der Waals surface area contributed by atoms with Crippen molar-refractivity contribution in [3.05, 3.63) is 56.2 Å². The lowest BCUT2D eigenvalue weighted by Gasteiger charge is -2.17. The van der Waals surface area contributed by atoms with E-state index in [1.54, 1.807) is 0 Å². The van der Waals surface area contributed by atoms with Gasteiger partial charge in [0.1, 0.15) is 11.6 Å². The van der Waals surface area contributed by atoms with Crippen LogP contribution in [-0.4, -0.2) is 6.54 Å². The lowest BCUT2D eigenvalue weighted by molar-refractivity contribution is 0.544. The van der Waals surface area contributed by atoms with Crippen molar-refractivity contribution in [2.45, 2.75) is 13.0 Å². The van der Waals surface area contributed by atoms with Crippen LogP contribution < -0.4 is 5.32 Å². The summed E-state index contributed by atoms with van der Waals surface area (Å²) in [6, 6.07) is 7.31. The van der Waals surface area contributed by atoms with Gasteiger partial charge in [0.25, 0.3) is 0 Å². The standard InChI is InChI=1S/C13H12BrF2NS/c1-2-17-13(11-5-6-12(14)18-11)9-4-3-8(15)7-10(9)16/h3-7,13,17H,2H2,1H3. The topological polar surface area (TPSA) is 12.0 Å². The van der Waals surface area contributed by atoms with Crippen LogP contribution in [0.25, 0.3) is 0 Å². The maximum atomic E-state index is 13.8. The van der Waals surface area contributed by atoms with Crippen molar-refractivity contribution in [2.75, 3.05) is 6.54 Å². The van der Waals surface area contributed by atoms with Crippen LogP contribution in [-0.2, 0) is 0 Å². The highest BCUT2D eigenvalue weighted by Gasteiger charge is 2.19. The Balaban J connectivity index is 2.41. The van der Waals surface area contributed by atoms with E-state index in [0.717, 1.165) is 14.7 Å². The number of halogens is 3. The molecule has 0 spiro atoms. The van der Waals surface area contributed by atoms with E-state index in [1.807, 2.05) is 19.1 Å². The minimum atomic E-state index is -0.557. The Hall–Kier alpha value is -0.780. The first-order valence-electron chi connectivity index (χ1n) is 5.55. The van der Waals surface area contributed by atoms with E-state index in [-0.39, 0.29) is 6.04 Å². The van der Waals surface area contributed by atoms with Crippen molar-refractivity contribution < 1.29 is 8.78 Å². The summed E-state index contributed by atoms with van der Waals surface area (Å²) >= 11 is 4.93. The zero-order valence-corrected chi connectivity index (χ0v) is 12.1. The van der Waals surface area contributed by atoms with Crippen molar-refractivity contribution in [1.82, 2.24) is 5.32 Å². The van der Waals surface area contributed by atoms with Crippen molar-refractivity contribution >= 4 is 27.3 Å². The Labute approximate surface area is 117 Å². The molecule has 0 bridgehead atoms. The zero-order valence-electron chi connectivity index (χ0n) is 9.71. The van der Waals surface area contributed by atoms with Crippen LogP contribution >= 0.6 is 27.3 Å². The van der Waals surface area contributed by atoms with Crippen LogP contribution in [0.3, 0.4) is 0 Å². The molecule has 0 aliphatic rings. The van der Waals surface area contributed by atoms with Crippen molar-refractivity contribution in [3.8, 4) is 0 Å². The number of thiophene rings is 1. The predicted molar refractivity (Wildman–Crippen MR) is 73.9 cm³/mol. The second-order valence-electron chi connectivity index (χ2n) is 3.80. The molecule has 5 heteroatoms. The van der Waals surface area contributed by atoms with Gasteiger partial charge in [-0.1, -0.05) is 13.0 Å². The van der Waals surface area contributed by atoms with Gasteiger partial charge < -0.3 is 5.32 Å². The molecule has 2 aromatic rings. The van der Waals surface area contributed by atoms with E-state index in [2.05, 4.69) is 21.2 Å². The third-order valence-electron chi connectivity index (χ3n) is 2.56. The largest absolute Gasteiger partial charge is 0.306 e. The molecule has 0 aliphatic heterocycles. The average molecular weight is 332 g/mol. The van der Waals surface area contributed by atoms with Gasteiger partial charge in [-0.05, 0) is 40.7 Å². The van der Waals surface area contributed by atoms with Gasteiger partial charge in [-0.15, -0.1) is 11.3 Å². The minimum Gasteiger partial charge on any atom is -0.306 e. The summed E-state index contributed by atoms with van der Waals surface area (Å²) in [6.07, 6.45) is 0. The first-order valence-corrected chi connectivity index (χ1v) is 7.16. The molecule has 2 rings (SSSR count). The molecule has 0 aliphatic carbocycles. The second-order valence-corrected chi connectivity index (χ2v) is 6.29. The summed E-state index contributed by atoms with van der Waals surface area (Å²) in [4.78, 5) is 0.995. The van der Waals surface area contributed by atoms with Crippen LogP contribution in [0.1, 0.15) is 23.4 Å². The molecule has 0 saturated heterocycles. The fourth-order valence-electron chi connectivity index (χ4n) is 1.79. The predicted octanol–water partition coefficient (Wildman–Crippen LogP) is 4.49. The molecule has 1 atom stereocenters. The van der Waals surface area contributed by atoms with E-state index in [0.29, 0.717) is 12.1 Å². The molecule has 1 unspecified atom stereocenters. The lowest BCUT2D eigenvalue weighted by Crippen LogP contribution is -2.22. The monoisotopic (exact) mass is 331 g/mol. The normalized spacial score (nSPS) is 12.7. The van der Waals surface area contributed by atoms with E-state index in [4.69, 9.17) is 0 Å². The van der Waals surface area contributed by atoms with Crippen molar-refractivity contribution in [1.29, 1.82) is 0 Å². The first kappa shape index (κ1) is 13.6. The smallest absolute Gasteiger partial charge is 0.131 e. The van der Waals surface area contributed by atoms with E-state index >= 15 is 0 Å². The SMILES string of the molecule is CCNC(c1ccc(Br)s1)c1ccc(F)cc1F. The molecule has 1 N–H and O–H groups in total. The molecule has 0 radical (unpaired) electrons. The van der Waals surface area contributed by atoms with E-state index < -0.39 is 11.6 Å². The quantitative estimate of drug-likeness (QED) is 0.870. The Morgan fingerprint density at radius 3 is 2.61 bits per heavy atom. The molecule has 0 amide bonds. The number of hydrogen-bond donors (Lipinski definition) is 1. The highest BCUT2D eigenvalue weighted by atomic mass is 79.9. The molecular formula is C13H12BrF2NS. The van der Waals surface area contributed by atoms with Gasteiger partial charge in [0, 0.05) is 16.5 Å². The van der Waals surface area contributed by atoms with Gasteiger partial charge in [-0.3, -0.25) is 0 Å². The molecule has 1 aromatic heterocycles. The van der Waals surface area contributed by atoms with Crippen LogP contribution in [0, 0.1) is 11.6 Å². The molecule has 18 heavy (non-hydrogen) atoms. The molecular weight excluding hydrogens is 320 g/mol. The Morgan fingerprint density at radius 2 is 2.06 bits per heavy atom. The van der Waals surface area contributed by atoms with Gasteiger partial charge in [0.05, 0.1) is 9.83 Å². The number of hydrogen-bond acceptors (Lipinski definition) is 2. The van der Waals surface area contributed by atoms with E-state index in [9.17, 15) is 8.78 Å². The van der Waals surface area contributed by atoms with Crippen molar-refractivity contribution in [2.24, 2.45) is 0 Å². The minimum absolute atomic E-state index is 0.244. The van der Waals surface area contributed by atoms with Gasteiger partial charge in [0.15, 0.2) is 0 Å². The zero-order chi connectivity index (χ0) is 13.1. The lowest BCUT2D eigenvalue weighted by atomic mass is 10.0. The molecule has 96 valence electrons. The Bertz CT molecular complexity index is 542. The third-order valence-corrected chi connectivity index (χ3v) is 4.25. The fraction of sp³-hybridized carbons (Fsp3) is 0.231. The van der Waals surface area contributed by atoms with Gasteiger partial charge in [0.2, 0.25) is 0 Å². The third kappa shape index (κ3) is 2.96. The van der Waals surface area contributed by atoms with Gasteiger partial charge in [-0.2, -0.15) is 0 Å². The summed E-state index contributed by atoms with van der Waals surface area (Å²) in [5.74, 6) is -1.08. The summed E-state index contributed by atoms with van der Waals surface area (Å²) in [6.45, 7) is 2.66. The Kier molecular flexibility index (Phi) is 4.48. The number of nitrogens with one attached hydrogen (secondary N) is 1. The summed E-state index contributed by atoms with van der Waals surface area (Å²) < 4.78 is 27.8. The maximum absolute atomic E-state index is 13.8. The maximum Gasteiger partial charge on any atom is 0.131 e. The number of rotatable bonds is 4. The number of benzene rings is 1. The highest BCUT2D eigenvalue weighted by molar-refractivity contribution is 9.11. The van der Waals surface area contributed by atoms with Crippen LogP contribution in [0.15, 0.2) is 34.1 Å². The summed E-state index contributed by atoms with van der Waals surface area (Å²) in [7, 11) is 0. The molecule has 1 nitrogen and oxygen atoms in total. The second kappa shape index (κ2) is 5.91. The van der Waals surface area contributed by atoms with Crippen LogP contribution in [0.2, 0.25) is 0 Å².